The molecule has 0 aliphatic heterocycles. The van der Waals surface area contributed by atoms with Gasteiger partial charge in [-0.2, -0.15) is 0 Å². The fourth-order valence-electron chi connectivity index (χ4n) is 4.38. The number of hydrogen-bond donors (Lipinski definition) is 0. The number of fused-ring (bicyclic) bond motifs is 4. The Morgan fingerprint density at radius 3 is 2.53 bits per heavy atom. The van der Waals surface area contributed by atoms with Crippen LogP contribution < -0.4 is 0 Å². The van der Waals surface area contributed by atoms with Crippen LogP contribution >= 0.6 is 0 Å². The first kappa shape index (κ1) is 18.8. The Balaban J connectivity index is 1.54. The van der Waals surface area contributed by atoms with Gasteiger partial charge in [-0.25, -0.2) is 9.97 Å². The number of rotatable bonds is 4. The van der Waals surface area contributed by atoms with Crippen LogP contribution in [0.4, 0.5) is 0 Å². The van der Waals surface area contributed by atoms with Gasteiger partial charge in [0.05, 0.1) is 11.0 Å². The Hall–Kier alpha value is -3.92. The van der Waals surface area contributed by atoms with Crippen molar-refractivity contribution in [1.82, 2.24) is 14.5 Å². The highest BCUT2D eigenvalue weighted by Crippen LogP contribution is 2.33. The normalized spacial score (nSPS) is 11.8. The van der Waals surface area contributed by atoms with Gasteiger partial charge in [0.2, 0.25) is 5.71 Å². The Morgan fingerprint density at radius 1 is 0.875 bits per heavy atom. The molecule has 3 aromatic carbocycles. The molecule has 0 atom stereocenters. The third-order valence-corrected chi connectivity index (χ3v) is 6.12. The molecule has 0 amide bonds. The van der Waals surface area contributed by atoms with Crippen molar-refractivity contribution >= 4 is 33.1 Å². The molecule has 0 aliphatic carbocycles. The largest absolute Gasteiger partial charge is 0.438 e. The lowest BCUT2D eigenvalue weighted by atomic mass is 10.0. The van der Waals surface area contributed by atoms with Gasteiger partial charge < -0.3 is 8.98 Å². The maximum atomic E-state index is 6.08. The van der Waals surface area contributed by atoms with Crippen molar-refractivity contribution < 1.29 is 4.42 Å². The maximum Gasteiger partial charge on any atom is 0.227 e. The zero-order valence-electron chi connectivity index (χ0n) is 18.1. The number of hydrogen-bond acceptors (Lipinski definition) is 3. The predicted molar refractivity (Wildman–Crippen MR) is 130 cm³/mol. The third kappa shape index (κ3) is 3.07. The average Bonchev–Trinajstić information content (AvgIpc) is 3.37. The van der Waals surface area contributed by atoms with Crippen LogP contribution in [0.15, 0.2) is 89.5 Å². The summed E-state index contributed by atoms with van der Waals surface area (Å²) in [5.74, 6) is 1.37. The number of aromatic nitrogens is 3. The smallest absolute Gasteiger partial charge is 0.227 e. The first-order valence-electron chi connectivity index (χ1n) is 11.0. The van der Waals surface area contributed by atoms with E-state index < -0.39 is 0 Å². The highest BCUT2D eigenvalue weighted by Gasteiger charge is 2.16. The van der Waals surface area contributed by atoms with E-state index in [1.807, 2.05) is 18.3 Å². The van der Waals surface area contributed by atoms with Crippen molar-refractivity contribution in [1.29, 1.82) is 0 Å². The van der Waals surface area contributed by atoms with Crippen LogP contribution in [0.3, 0.4) is 0 Å². The van der Waals surface area contributed by atoms with Crippen LogP contribution in [0.2, 0.25) is 0 Å². The minimum atomic E-state index is 0.453. The summed E-state index contributed by atoms with van der Waals surface area (Å²) in [7, 11) is 0. The van der Waals surface area contributed by atoms with Gasteiger partial charge in [-0.15, -0.1) is 0 Å². The van der Waals surface area contributed by atoms with E-state index in [2.05, 4.69) is 90.1 Å². The van der Waals surface area contributed by atoms with Gasteiger partial charge in [-0.3, -0.25) is 0 Å². The van der Waals surface area contributed by atoms with Crippen molar-refractivity contribution in [2.75, 3.05) is 0 Å². The summed E-state index contributed by atoms with van der Waals surface area (Å²) >= 11 is 0. The fraction of sp³-hybridized carbons (Fsp3) is 0.143. The number of para-hydroxylation sites is 2. The van der Waals surface area contributed by atoms with Crippen LogP contribution in [0, 0.1) is 0 Å². The van der Waals surface area contributed by atoms with Crippen LogP contribution in [0.1, 0.15) is 30.9 Å². The van der Waals surface area contributed by atoms with Crippen LogP contribution in [-0.2, 0) is 6.54 Å². The molecule has 156 valence electrons. The lowest BCUT2D eigenvalue weighted by Gasteiger charge is -2.09. The molecule has 4 nitrogen and oxygen atoms in total. The number of benzene rings is 3. The standard InChI is InChI=1S/C28H23N3O/c1-18(2)20-12-13-22-23-14-21(16-29-28(23)32-26(22)15-20)27-30-24-10-6-7-11-25(24)31(27)17-19-8-4-3-5-9-19/h3-16,18H,17H2,1-2H3. The Bertz CT molecular complexity index is 1570. The molecule has 0 saturated heterocycles. The second-order valence-electron chi connectivity index (χ2n) is 8.58. The van der Waals surface area contributed by atoms with Crippen molar-refractivity contribution in [3.8, 4) is 11.4 Å². The monoisotopic (exact) mass is 417 g/mol. The molecule has 0 spiro atoms. The molecule has 0 saturated carbocycles. The topological polar surface area (TPSA) is 43.9 Å². The zero-order valence-corrected chi connectivity index (χ0v) is 18.1. The lowest BCUT2D eigenvalue weighted by molar-refractivity contribution is 0.652. The second-order valence-corrected chi connectivity index (χ2v) is 8.58. The number of pyridine rings is 1. The van der Waals surface area contributed by atoms with Gasteiger partial charge in [0.15, 0.2) is 0 Å². The van der Waals surface area contributed by atoms with Crippen LogP contribution in [0.25, 0.3) is 44.5 Å². The van der Waals surface area contributed by atoms with E-state index in [-0.39, 0.29) is 0 Å². The number of imidazole rings is 1. The molecular formula is C28H23N3O. The Labute approximate surface area is 186 Å². The highest BCUT2D eigenvalue weighted by molar-refractivity contribution is 6.05. The van der Waals surface area contributed by atoms with Crippen LogP contribution in [-0.4, -0.2) is 14.5 Å². The summed E-state index contributed by atoms with van der Waals surface area (Å²) in [6.45, 7) is 5.13. The van der Waals surface area contributed by atoms with Gasteiger partial charge in [0.1, 0.15) is 11.4 Å². The Morgan fingerprint density at radius 2 is 1.69 bits per heavy atom. The van der Waals surface area contributed by atoms with Crippen molar-refractivity contribution in [3.05, 3.63) is 96.2 Å². The lowest BCUT2D eigenvalue weighted by Crippen LogP contribution is -2.02. The summed E-state index contributed by atoms with van der Waals surface area (Å²) in [5.41, 5.74) is 7.13. The molecule has 0 aliphatic rings. The third-order valence-electron chi connectivity index (χ3n) is 6.12. The molecule has 4 heteroatoms. The van der Waals surface area contributed by atoms with Gasteiger partial charge in [-0.1, -0.05) is 68.4 Å². The molecule has 32 heavy (non-hydrogen) atoms. The van der Waals surface area contributed by atoms with Gasteiger partial charge in [0.25, 0.3) is 0 Å². The maximum absolute atomic E-state index is 6.08. The highest BCUT2D eigenvalue weighted by atomic mass is 16.3. The minimum absolute atomic E-state index is 0.453. The van der Waals surface area contributed by atoms with Crippen molar-refractivity contribution in [2.45, 2.75) is 26.3 Å². The van der Waals surface area contributed by atoms with Crippen molar-refractivity contribution in [2.24, 2.45) is 0 Å². The predicted octanol–water partition coefficient (Wildman–Crippen LogP) is 7.17. The molecule has 0 bridgehead atoms. The van der Waals surface area contributed by atoms with Crippen molar-refractivity contribution in [3.63, 3.8) is 0 Å². The van der Waals surface area contributed by atoms with Gasteiger partial charge >= 0.3 is 0 Å². The average molecular weight is 418 g/mol. The fourth-order valence-corrected chi connectivity index (χ4v) is 4.38. The summed E-state index contributed by atoms with van der Waals surface area (Å²) in [4.78, 5) is 9.65. The second kappa shape index (κ2) is 7.34. The van der Waals surface area contributed by atoms with Gasteiger partial charge in [-0.05, 0) is 41.3 Å². The first-order valence-corrected chi connectivity index (χ1v) is 11.0. The minimum Gasteiger partial charge on any atom is -0.438 e. The quantitative estimate of drug-likeness (QED) is 0.305. The van der Waals surface area contributed by atoms with E-state index in [4.69, 9.17) is 9.40 Å². The van der Waals surface area contributed by atoms with Gasteiger partial charge in [0, 0.05) is 29.1 Å². The van der Waals surface area contributed by atoms with E-state index in [0.29, 0.717) is 11.6 Å². The molecule has 0 N–H and O–H groups in total. The SMILES string of the molecule is CC(C)c1ccc2c(c1)oc1ncc(-c3nc4ccccc4n3Cc3ccccc3)cc12. The van der Waals surface area contributed by atoms with E-state index in [0.717, 1.165) is 45.3 Å². The van der Waals surface area contributed by atoms with Crippen LogP contribution in [0.5, 0.6) is 0 Å². The van der Waals surface area contributed by atoms with E-state index in [1.165, 1.54) is 11.1 Å². The Kier molecular flexibility index (Phi) is 4.32. The summed E-state index contributed by atoms with van der Waals surface area (Å²) in [6.07, 6.45) is 1.87. The van der Waals surface area contributed by atoms with E-state index >= 15 is 0 Å². The molecule has 0 fully saturated rings. The van der Waals surface area contributed by atoms with E-state index in [1.54, 1.807) is 0 Å². The molecule has 0 radical (unpaired) electrons. The summed E-state index contributed by atoms with van der Waals surface area (Å²) < 4.78 is 8.35. The number of furan rings is 1. The molecule has 3 heterocycles. The first-order chi connectivity index (χ1) is 15.7. The van der Waals surface area contributed by atoms with E-state index in [9.17, 15) is 0 Å². The zero-order chi connectivity index (χ0) is 21.7. The number of nitrogens with zero attached hydrogens (tertiary/aromatic N) is 3. The molecule has 6 aromatic rings. The molecular weight excluding hydrogens is 394 g/mol. The molecule has 0 unspecified atom stereocenters. The summed E-state index contributed by atoms with van der Waals surface area (Å²) in [5, 5.41) is 2.11. The molecule has 3 aromatic heterocycles. The summed E-state index contributed by atoms with van der Waals surface area (Å²) in [6, 6.07) is 27.4. The molecule has 6 rings (SSSR count).